The number of fused-ring (bicyclic) bond motifs is 2. The van der Waals surface area contributed by atoms with Gasteiger partial charge in [-0.25, -0.2) is 0 Å². The fraction of sp³-hybridized carbons (Fsp3) is 0.364. The van der Waals surface area contributed by atoms with Crippen molar-refractivity contribution in [3.63, 3.8) is 0 Å². The average molecular weight is 473 g/mol. The molecule has 0 bridgehead atoms. The molecule has 0 spiro atoms. The molecule has 0 aliphatic carbocycles. The molecule has 2 N–H and O–H groups in total. The minimum Gasteiger partial charge on any atom is -0.486 e. The molecule has 3 heterocycles. The molecule has 2 aromatic rings. The molecule has 0 radical (unpaired) electrons. The van der Waals surface area contributed by atoms with E-state index in [1.807, 2.05) is 36.4 Å². The number of benzene rings is 2. The van der Waals surface area contributed by atoms with Crippen molar-refractivity contribution in [2.24, 2.45) is 0 Å². The van der Waals surface area contributed by atoms with Crippen LogP contribution in [-0.2, 0) is 0 Å². The van der Waals surface area contributed by atoms with Crippen LogP contribution in [0.25, 0.3) is 0 Å². The van der Waals surface area contributed by atoms with Crippen LogP contribution in [0.2, 0.25) is 0 Å². The molecule has 5 rings (SSSR count). The van der Waals surface area contributed by atoms with E-state index in [-0.39, 0.29) is 0 Å². The first-order valence-corrected chi connectivity index (χ1v) is 11.4. The predicted molar refractivity (Wildman–Crippen MR) is 130 cm³/mol. The molecule has 10 heteroatoms. The van der Waals surface area contributed by atoms with Crippen molar-refractivity contribution >= 4 is 46.0 Å². The highest BCUT2D eigenvalue weighted by molar-refractivity contribution is 7.80. The van der Waals surface area contributed by atoms with Crippen LogP contribution in [0.5, 0.6) is 23.0 Å². The van der Waals surface area contributed by atoms with Crippen LogP contribution in [0.1, 0.15) is 0 Å². The number of ether oxygens (including phenoxy) is 4. The normalized spacial score (nSPS) is 16.9. The first kappa shape index (κ1) is 20.9. The molecule has 8 nitrogen and oxygen atoms in total. The SMILES string of the molecule is S=C(Nc1ccc2c(c1)OCCO2)N1CCN(C(=S)Nc2ccc3c(c2)OCCO3)CC1. The second-order valence-electron chi connectivity index (χ2n) is 7.55. The van der Waals surface area contributed by atoms with E-state index in [9.17, 15) is 0 Å². The zero-order valence-corrected chi connectivity index (χ0v) is 19.1. The van der Waals surface area contributed by atoms with Crippen LogP contribution in [0.15, 0.2) is 36.4 Å². The molecule has 0 amide bonds. The second kappa shape index (κ2) is 9.25. The quantitative estimate of drug-likeness (QED) is 0.638. The van der Waals surface area contributed by atoms with Crippen molar-refractivity contribution in [3.05, 3.63) is 36.4 Å². The molecule has 0 atom stereocenters. The van der Waals surface area contributed by atoms with Crippen LogP contribution < -0.4 is 29.6 Å². The summed E-state index contributed by atoms with van der Waals surface area (Å²) in [7, 11) is 0. The number of thiocarbonyl (C=S) groups is 2. The fourth-order valence-corrected chi connectivity index (χ4v) is 4.36. The number of rotatable bonds is 2. The first-order valence-electron chi connectivity index (χ1n) is 10.6. The lowest BCUT2D eigenvalue weighted by Crippen LogP contribution is -2.52. The molecular formula is C22H24N4O4S2. The lowest BCUT2D eigenvalue weighted by molar-refractivity contribution is 0.171. The average Bonchev–Trinajstić information content (AvgIpc) is 2.84. The third kappa shape index (κ3) is 4.61. The van der Waals surface area contributed by atoms with Crippen molar-refractivity contribution in [2.75, 3.05) is 63.2 Å². The van der Waals surface area contributed by atoms with E-state index in [4.69, 9.17) is 43.4 Å². The maximum atomic E-state index is 5.65. The summed E-state index contributed by atoms with van der Waals surface area (Å²) in [4.78, 5) is 4.30. The van der Waals surface area contributed by atoms with Gasteiger partial charge in [0, 0.05) is 49.7 Å². The highest BCUT2D eigenvalue weighted by atomic mass is 32.1. The molecule has 3 aliphatic heterocycles. The molecule has 0 saturated carbocycles. The van der Waals surface area contributed by atoms with Crippen molar-refractivity contribution in [2.45, 2.75) is 0 Å². The van der Waals surface area contributed by atoms with Gasteiger partial charge in [0.25, 0.3) is 0 Å². The molecule has 2 aromatic carbocycles. The lowest BCUT2D eigenvalue weighted by Gasteiger charge is -2.37. The molecule has 1 fully saturated rings. The Labute approximate surface area is 197 Å². The van der Waals surface area contributed by atoms with Crippen LogP contribution >= 0.6 is 24.4 Å². The Morgan fingerprint density at radius 1 is 0.594 bits per heavy atom. The number of hydrogen-bond acceptors (Lipinski definition) is 6. The summed E-state index contributed by atoms with van der Waals surface area (Å²) >= 11 is 11.3. The van der Waals surface area contributed by atoms with Crippen molar-refractivity contribution < 1.29 is 18.9 Å². The Morgan fingerprint density at radius 3 is 1.38 bits per heavy atom. The van der Waals surface area contributed by atoms with Gasteiger partial charge in [0.05, 0.1) is 0 Å². The van der Waals surface area contributed by atoms with Gasteiger partial charge in [-0.2, -0.15) is 0 Å². The highest BCUT2D eigenvalue weighted by Crippen LogP contribution is 2.33. The molecule has 0 unspecified atom stereocenters. The predicted octanol–water partition coefficient (Wildman–Crippen LogP) is 2.94. The standard InChI is InChI=1S/C22H24N4O4S2/c31-21(23-15-1-3-17-19(13-15)29-11-9-27-17)25-5-7-26(8-6-25)22(32)24-16-2-4-18-20(14-16)30-12-10-28-18/h1-4,13-14H,5-12H2,(H,23,31)(H,24,32). The van der Waals surface area contributed by atoms with Gasteiger partial charge < -0.3 is 39.4 Å². The fourth-order valence-electron chi connectivity index (χ4n) is 3.76. The molecule has 0 aromatic heterocycles. The minimum absolute atomic E-state index is 0.559. The summed E-state index contributed by atoms with van der Waals surface area (Å²) in [6.07, 6.45) is 0. The molecular weight excluding hydrogens is 448 g/mol. The largest absolute Gasteiger partial charge is 0.486 e. The van der Waals surface area contributed by atoms with Crippen LogP contribution in [0, 0.1) is 0 Å². The Bertz CT molecular complexity index is 945. The van der Waals surface area contributed by atoms with Gasteiger partial charge >= 0.3 is 0 Å². The first-order chi connectivity index (χ1) is 15.7. The summed E-state index contributed by atoms with van der Waals surface area (Å²) in [6, 6.07) is 11.5. The van der Waals surface area contributed by atoms with E-state index in [1.54, 1.807) is 0 Å². The van der Waals surface area contributed by atoms with Gasteiger partial charge in [0.1, 0.15) is 26.4 Å². The van der Waals surface area contributed by atoms with Gasteiger partial charge in [-0.3, -0.25) is 0 Å². The molecule has 32 heavy (non-hydrogen) atoms. The van der Waals surface area contributed by atoms with Gasteiger partial charge in [0.15, 0.2) is 33.2 Å². The van der Waals surface area contributed by atoms with E-state index >= 15 is 0 Å². The highest BCUT2D eigenvalue weighted by Gasteiger charge is 2.22. The number of anilines is 2. The van der Waals surface area contributed by atoms with Gasteiger partial charge in [-0.1, -0.05) is 0 Å². The topological polar surface area (TPSA) is 67.5 Å². The Hall–Kier alpha value is -2.98. The summed E-state index contributed by atoms with van der Waals surface area (Å²) in [5.41, 5.74) is 1.77. The monoisotopic (exact) mass is 472 g/mol. The summed E-state index contributed by atoms with van der Waals surface area (Å²) < 4.78 is 22.4. The Kier molecular flexibility index (Phi) is 6.04. The third-order valence-corrected chi connectivity index (χ3v) is 6.16. The summed E-state index contributed by atoms with van der Waals surface area (Å²) in [5, 5.41) is 7.98. The zero-order chi connectivity index (χ0) is 21.9. The maximum absolute atomic E-state index is 5.65. The van der Waals surface area contributed by atoms with Crippen molar-refractivity contribution in [1.82, 2.24) is 9.80 Å². The van der Waals surface area contributed by atoms with E-state index in [0.717, 1.165) is 60.6 Å². The van der Waals surface area contributed by atoms with E-state index in [0.29, 0.717) is 36.7 Å². The van der Waals surface area contributed by atoms with Gasteiger partial charge in [-0.15, -0.1) is 0 Å². The third-order valence-electron chi connectivity index (χ3n) is 5.44. The Morgan fingerprint density at radius 2 is 0.969 bits per heavy atom. The number of nitrogens with one attached hydrogen (secondary N) is 2. The molecule has 1 saturated heterocycles. The van der Waals surface area contributed by atoms with Gasteiger partial charge in [-0.05, 0) is 48.7 Å². The maximum Gasteiger partial charge on any atom is 0.173 e. The molecule has 168 valence electrons. The molecule has 3 aliphatic rings. The zero-order valence-electron chi connectivity index (χ0n) is 17.5. The smallest absolute Gasteiger partial charge is 0.173 e. The number of hydrogen-bond donors (Lipinski definition) is 2. The summed E-state index contributed by atoms with van der Waals surface area (Å²) in [6.45, 7) is 5.38. The van der Waals surface area contributed by atoms with Crippen molar-refractivity contribution in [3.8, 4) is 23.0 Å². The number of piperazine rings is 1. The van der Waals surface area contributed by atoms with E-state index < -0.39 is 0 Å². The van der Waals surface area contributed by atoms with E-state index in [2.05, 4.69) is 20.4 Å². The lowest BCUT2D eigenvalue weighted by atomic mass is 10.2. The second-order valence-corrected chi connectivity index (χ2v) is 8.32. The van der Waals surface area contributed by atoms with Crippen LogP contribution in [0.4, 0.5) is 11.4 Å². The van der Waals surface area contributed by atoms with Crippen LogP contribution in [0.3, 0.4) is 0 Å². The minimum atomic E-state index is 0.559. The van der Waals surface area contributed by atoms with Crippen LogP contribution in [-0.4, -0.2) is 72.6 Å². The number of nitrogens with zero attached hydrogens (tertiary/aromatic N) is 2. The Balaban J connectivity index is 1.13. The van der Waals surface area contributed by atoms with Gasteiger partial charge in [0.2, 0.25) is 0 Å². The summed E-state index contributed by atoms with van der Waals surface area (Å²) in [5.74, 6) is 3.01. The van der Waals surface area contributed by atoms with Crippen molar-refractivity contribution in [1.29, 1.82) is 0 Å². The van der Waals surface area contributed by atoms with E-state index in [1.165, 1.54) is 0 Å².